The van der Waals surface area contributed by atoms with Gasteiger partial charge in [-0.3, -0.25) is 0 Å². The van der Waals surface area contributed by atoms with Gasteiger partial charge in [0, 0.05) is 43.8 Å². The van der Waals surface area contributed by atoms with Crippen molar-refractivity contribution in [3.8, 4) is 0 Å². The normalized spacial score (nSPS) is 30.2. The second-order valence-electron chi connectivity index (χ2n) is 7.10. The Morgan fingerprint density at radius 2 is 2.10 bits per heavy atom. The summed E-state index contributed by atoms with van der Waals surface area (Å²) in [5, 5.41) is 4.48. The number of hydrogen-bond donors (Lipinski definition) is 1. The Kier molecular flexibility index (Phi) is 3.83. The second kappa shape index (κ2) is 5.36. The van der Waals surface area contributed by atoms with Crippen LogP contribution in [0.4, 0.5) is 11.4 Å². The lowest BCUT2D eigenvalue weighted by Crippen LogP contribution is -2.67. The first-order valence-electron chi connectivity index (χ1n) is 7.76. The topological polar surface area (TPSA) is 24.5 Å². The number of benzene rings is 1. The van der Waals surface area contributed by atoms with Crippen LogP contribution in [0.15, 0.2) is 18.2 Å². The van der Waals surface area contributed by atoms with Crippen molar-refractivity contribution in [2.75, 3.05) is 30.9 Å². The highest BCUT2D eigenvalue weighted by Gasteiger charge is 2.57. The van der Waals surface area contributed by atoms with Gasteiger partial charge in [0.1, 0.15) is 0 Å². The third kappa shape index (κ3) is 2.51. The molecular formula is C17H25ClN2O. The molecule has 1 saturated heterocycles. The van der Waals surface area contributed by atoms with E-state index in [1.54, 1.807) is 0 Å². The van der Waals surface area contributed by atoms with E-state index in [0.717, 1.165) is 23.0 Å². The maximum absolute atomic E-state index is 6.37. The van der Waals surface area contributed by atoms with Gasteiger partial charge in [0.05, 0.1) is 16.8 Å². The summed E-state index contributed by atoms with van der Waals surface area (Å²) in [6.07, 6.45) is 2.84. The summed E-state index contributed by atoms with van der Waals surface area (Å²) in [6.45, 7) is 5.51. The summed E-state index contributed by atoms with van der Waals surface area (Å²) >= 11 is 6.37. The lowest BCUT2D eigenvalue weighted by molar-refractivity contribution is -0.177. The van der Waals surface area contributed by atoms with Gasteiger partial charge in [0.25, 0.3) is 0 Å². The first kappa shape index (κ1) is 15.0. The summed E-state index contributed by atoms with van der Waals surface area (Å²) in [4.78, 5) is 2.03. The van der Waals surface area contributed by atoms with Crippen molar-refractivity contribution in [1.82, 2.24) is 0 Å². The molecule has 0 radical (unpaired) electrons. The van der Waals surface area contributed by atoms with Gasteiger partial charge in [-0.25, -0.2) is 0 Å². The lowest BCUT2D eigenvalue weighted by atomic mass is 9.55. The van der Waals surface area contributed by atoms with E-state index in [-0.39, 0.29) is 5.41 Å². The monoisotopic (exact) mass is 308 g/mol. The Balaban J connectivity index is 1.76. The molecular weight excluding hydrogens is 284 g/mol. The molecule has 1 aromatic rings. The third-order valence-corrected chi connectivity index (χ3v) is 5.39. The van der Waals surface area contributed by atoms with Crippen molar-refractivity contribution < 1.29 is 4.74 Å². The van der Waals surface area contributed by atoms with Gasteiger partial charge in [0.15, 0.2) is 0 Å². The highest BCUT2D eigenvalue weighted by atomic mass is 35.5. The molecule has 0 amide bonds. The van der Waals surface area contributed by atoms with Crippen molar-refractivity contribution in [3.05, 3.63) is 23.2 Å². The zero-order chi connectivity index (χ0) is 15.2. The molecule has 0 aromatic heterocycles. The van der Waals surface area contributed by atoms with Gasteiger partial charge in [-0.1, -0.05) is 25.4 Å². The molecule has 1 aliphatic carbocycles. The minimum Gasteiger partial charge on any atom is -0.381 e. The fraction of sp³-hybridized carbons (Fsp3) is 0.647. The maximum Gasteiger partial charge on any atom is 0.0693 e. The quantitative estimate of drug-likeness (QED) is 0.912. The van der Waals surface area contributed by atoms with E-state index in [1.165, 1.54) is 12.8 Å². The smallest absolute Gasteiger partial charge is 0.0693 e. The average Bonchev–Trinajstić information content (AvgIpc) is 2.44. The van der Waals surface area contributed by atoms with E-state index in [4.69, 9.17) is 16.3 Å². The van der Waals surface area contributed by atoms with Crippen molar-refractivity contribution in [2.24, 2.45) is 11.3 Å². The number of nitrogens with zero attached hydrogens (tertiary/aromatic N) is 1. The highest BCUT2D eigenvalue weighted by Crippen LogP contribution is 2.52. The van der Waals surface area contributed by atoms with Crippen LogP contribution >= 0.6 is 11.6 Å². The van der Waals surface area contributed by atoms with Gasteiger partial charge in [-0.15, -0.1) is 0 Å². The van der Waals surface area contributed by atoms with Crippen LogP contribution in [0, 0.1) is 11.3 Å². The molecule has 1 N–H and O–H groups in total. The fourth-order valence-electron chi connectivity index (χ4n) is 3.95. The number of nitrogens with one attached hydrogen (secondary N) is 1. The lowest BCUT2D eigenvalue weighted by Gasteiger charge is -2.60. The van der Waals surface area contributed by atoms with Crippen molar-refractivity contribution in [3.63, 3.8) is 0 Å². The highest BCUT2D eigenvalue weighted by molar-refractivity contribution is 6.33. The van der Waals surface area contributed by atoms with Crippen LogP contribution in [-0.4, -0.2) is 32.8 Å². The molecule has 3 unspecified atom stereocenters. The molecule has 1 aromatic carbocycles. The van der Waals surface area contributed by atoms with Crippen LogP contribution in [0.1, 0.15) is 26.7 Å². The molecule has 0 bridgehead atoms. The van der Waals surface area contributed by atoms with Gasteiger partial charge in [-0.05, 0) is 31.0 Å². The van der Waals surface area contributed by atoms with E-state index in [1.807, 2.05) is 25.1 Å². The first-order chi connectivity index (χ1) is 9.91. The summed E-state index contributed by atoms with van der Waals surface area (Å²) < 4.78 is 5.96. The molecule has 1 saturated carbocycles. The first-order valence-corrected chi connectivity index (χ1v) is 8.14. The van der Waals surface area contributed by atoms with Crippen LogP contribution in [0.25, 0.3) is 0 Å². The Bertz CT molecular complexity index is 530. The zero-order valence-electron chi connectivity index (χ0n) is 13.3. The molecule has 3 rings (SSSR count). The molecule has 116 valence electrons. The summed E-state index contributed by atoms with van der Waals surface area (Å²) in [7, 11) is 4.01. The Labute approximate surface area is 132 Å². The molecule has 3 nitrogen and oxygen atoms in total. The van der Waals surface area contributed by atoms with Crippen molar-refractivity contribution >= 4 is 23.0 Å². The number of ether oxygens (including phenoxy) is 1. The zero-order valence-corrected chi connectivity index (χ0v) is 14.1. The number of rotatable bonds is 3. The second-order valence-corrected chi connectivity index (χ2v) is 7.51. The number of hydrogen-bond acceptors (Lipinski definition) is 3. The average molecular weight is 309 g/mol. The molecule has 1 heterocycles. The summed E-state index contributed by atoms with van der Waals surface area (Å²) in [5.74, 6) is 0.626. The van der Waals surface area contributed by atoms with Gasteiger partial charge in [-0.2, -0.15) is 0 Å². The number of fused-ring (bicyclic) bond motifs is 1. The predicted octanol–water partition coefficient (Wildman–Crippen LogP) is 4.02. The molecule has 3 atom stereocenters. The standard InChI is InChI=1S/C17H25ClN2O/c1-17(2)15(12-6-5-9-21-16(12)17)19-11-7-8-14(20(3)4)13(18)10-11/h7-8,10,12,15-16,19H,5-6,9H2,1-4H3. The Morgan fingerprint density at radius 1 is 1.33 bits per heavy atom. The van der Waals surface area contributed by atoms with Crippen molar-refractivity contribution in [1.29, 1.82) is 0 Å². The van der Waals surface area contributed by atoms with Gasteiger partial charge < -0.3 is 15.0 Å². The minimum absolute atomic E-state index is 0.178. The van der Waals surface area contributed by atoms with Crippen LogP contribution in [0.3, 0.4) is 0 Å². The summed E-state index contributed by atoms with van der Waals surface area (Å²) in [5.41, 5.74) is 2.33. The van der Waals surface area contributed by atoms with Crippen LogP contribution < -0.4 is 10.2 Å². The SMILES string of the molecule is CN(C)c1ccc(NC2C3CCCOC3C2(C)C)cc1Cl. The Hall–Kier alpha value is -0.930. The molecule has 4 heteroatoms. The fourth-order valence-corrected chi connectivity index (χ4v) is 4.30. The minimum atomic E-state index is 0.178. The number of halogens is 1. The molecule has 21 heavy (non-hydrogen) atoms. The molecule has 0 spiro atoms. The molecule has 2 fully saturated rings. The van der Waals surface area contributed by atoms with E-state index in [9.17, 15) is 0 Å². The number of anilines is 2. The third-order valence-electron chi connectivity index (χ3n) is 5.08. The van der Waals surface area contributed by atoms with Crippen LogP contribution in [-0.2, 0) is 4.74 Å². The molecule has 2 aliphatic rings. The van der Waals surface area contributed by atoms with Gasteiger partial charge >= 0.3 is 0 Å². The van der Waals surface area contributed by atoms with Crippen LogP contribution in [0.5, 0.6) is 0 Å². The van der Waals surface area contributed by atoms with Crippen LogP contribution in [0.2, 0.25) is 5.02 Å². The summed E-state index contributed by atoms with van der Waals surface area (Å²) in [6, 6.07) is 6.69. The predicted molar refractivity (Wildman–Crippen MR) is 89.4 cm³/mol. The maximum atomic E-state index is 6.37. The van der Waals surface area contributed by atoms with E-state index < -0.39 is 0 Å². The molecule has 1 aliphatic heterocycles. The van der Waals surface area contributed by atoms with E-state index >= 15 is 0 Å². The van der Waals surface area contributed by atoms with E-state index in [0.29, 0.717) is 18.1 Å². The largest absolute Gasteiger partial charge is 0.381 e. The van der Waals surface area contributed by atoms with Crippen molar-refractivity contribution in [2.45, 2.75) is 38.8 Å². The Morgan fingerprint density at radius 3 is 2.76 bits per heavy atom. The van der Waals surface area contributed by atoms with Gasteiger partial charge in [0.2, 0.25) is 0 Å². The van der Waals surface area contributed by atoms with E-state index in [2.05, 4.69) is 31.3 Å².